The first kappa shape index (κ1) is 9.89. The van der Waals surface area contributed by atoms with E-state index in [9.17, 15) is 8.42 Å². The molecule has 4 rings (SSSR count). The Morgan fingerprint density at radius 1 is 1.12 bits per heavy atom. The van der Waals surface area contributed by atoms with Gasteiger partial charge in [-0.25, -0.2) is 8.42 Å². The molecule has 0 aromatic heterocycles. The molecule has 4 fully saturated rings. The Morgan fingerprint density at radius 2 is 1.69 bits per heavy atom. The van der Waals surface area contributed by atoms with Gasteiger partial charge in [-0.2, -0.15) is 0 Å². The Morgan fingerprint density at radius 3 is 2.19 bits per heavy atom. The quantitative estimate of drug-likeness (QED) is 0.680. The van der Waals surface area contributed by atoms with Crippen molar-refractivity contribution in [1.29, 1.82) is 0 Å². The zero-order chi connectivity index (χ0) is 11.1. The minimum Gasteiger partial charge on any atom is -0.299 e. The topological polar surface area (TPSA) is 37.4 Å². The minimum atomic E-state index is -2.63. The third-order valence-corrected chi connectivity index (χ3v) is 7.60. The van der Waals surface area contributed by atoms with Gasteiger partial charge in [-0.1, -0.05) is 6.92 Å². The van der Waals surface area contributed by atoms with Crippen molar-refractivity contribution in [2.24, 2.45) is 23.2 Å². The largest absolute Gasteiger partial charge is 0.299 e. The molecular formula is C12H19NO2S. The van der Waals surface area contributed by atoms with Crippen molar-refractivity contribution in [3.63, 3.8) is 0 Å². The highest BCUT2D eigenvalue weighted by atomic mass is 32.2. The van der Waals surface area contributed by atoms with E-state index in [1.54, 1.807) is 0 Å². The molecule has 4 aliphatic rings. The van der Waals surface area contributed by atoms with Crippen molar-refractivity contribution < 1.29 is 8.42 Å². The van der Waals surface area contributed by atoms with Gasteiger partial charge in [0.2, 0.25) is 0 Å². The van der Waals surface area contributed by atoms with Crippen LogP contribution in [0.1, 0.15) is 19.8 Å². The summed E-state index contributed by atoms with van der Waals surface area (Å²) in [5, 5.41) is 0. The van der Waals surface area contributed by atoms with E-state index >= 15 is 0 Å². The van der Waals surface area contributed by atoms with E-state index in [-0.39, 0.29) is 5.41 Å². The highest BCUT2D eigenvalue weighted by Gasteiger charge is 2.60. The summed E-state index contributed by atoms with van der Waals surface area (Å²) < 4.78 is 22.4. The average Bonchev–Trinajstić information content (AvgIpc) is 2.61. The Bertz CT molecular complexity index is 412. The van der Waals surface area contributed by atoms with Gasteiger partial charge in [-0.15, -0.1) is 0 Å². The third-order valence-electron chi connectivity index (χ3n) is 5.49. The predicted octanol–water partition coefficient (Wildman–Crippen LogP) is 0.761. The number of fused-ring (bicyclic) bond motifs is 1. The predicted molar refractivity (Wildman–Crippen MR) is 61.8 cm³/mol. The minimum absolute atomic E-state index is 0.192. The van der Waals surface area contributed by atoms with E-state index in [1.807, 2.05) is 0 Å². The third kappa shape index (κ3) is 1.20. The van der Waals surface area contributed by atoms with Crippen LogP contribution in [-0.2, 0) is 9.84 Å². The number of hydrogen-bond acceptors (Lipinski definition) is 3. The second kappa shape index (κ2) is 2.66. The Kier molecular flexibility index (Phi) is 1.65. The fourth-order valence-corrected chi connectivity index (χ4v) is 6.73. The summed E-state index contributed by atoms with van der Waals surface area (Å²) in [6.07, 6.45) is 2.77. The number of hydrogen-bond donors (Lipinski definition) is 0. The highest BCUT2D eigenvalue weighted by molar-refractivity contribution is 7.92. The van der Waals surface area contributed by atoms with Gasteiger partial charge in [0.1, 0.15) is 0 Å². The second-order valence-corrected chi connectivity index (χ2v) is 8.81. The Hall–Kier alpha value is -0.0900. The molecule has 0 N–H and O–H groups in total. The van der Waals surface area contributed by atoms with E-state index < -0.39 is 9.84 Å². The molecule has 2 heterocycles. The summed E-state index contributed by atoms with van der Waals surface area (Å²) >= 11 is 0. The van der Waals surface area contributed by atoms with Crippen LogP contribution < -0.4 is 0 Å². The smallest absolute Gasteiger partial charge is 0.151 e. The van der Waals surface area contributed by atoms with Crippen molar-refractivity contribution >= 4 is 9.84 Å². The van der Waals surface area contributed by atoms with Gasteiger partial charge in [0.15, 0.2) is 9.84 Å². The van der Waals surface area contributed by atoms with Gasteiger partial charge in [-0.05, 0) is 30.6 Å². The van der Waals surface area contributed by atoms with Crippen molar-refractivity contribution in [3.05, 3.63) is 0 Å². The van der Waals surface area contributed by atoms with Crippen LogP contribution in [-0.4, -0.2) is 44.0 Å². The maximum Gasteiger partial charge on any atom is 0.151 e. The van der Waals surface area contributed by atoms with Gasteiger partial charge in [-0.3, -0.25) is 4.90 Å². The lowest BCUT2D eigenvalue weighted by Crippen LogP contribution is -2.69. The van der Waals surface area contributed by atoms with Crippen molar-refractivity contribution in [3.8, 4) is 0 Å². The number of rotatable bonds is 1. The zero-order valence-corrected chi connectivity index (χ0v) is 10.5. The molecular weight excluding hydrogens is 222 g/mol. The summed E-state index contributed by atoms with van der Waals surface area (Å²) in [6, 6.07) is 0.792. The van der Waals surface area contributed by atoms with Gasteiger partial charge >= 0.3 is 0 Å². The SMILES string of the molecule is CC1C2CC(N3CC4(C3)CS(=O)(=O)C4)CC12. The molecule has 0 aromatic rings. The summed E-state index contributed by atoms with van der Waals surface area (Å²) in [4.78, 5) is 2.55. The molecule has 3 nitrogen and oxygen atoms in total. The molecule has 2 unspecified atom stereocenters. The monoisotopic (exact) mass is 241 g/mol. The maximum absolute atomic E-state index is 11.2. The average molecular weight is 241 g/mol. The molecule has 0 bridgehead atoms. The molecule has 0 radical (unpaired) electrons. The van der Waals surface area contributed by atoms with Crippen molar-refractivity contribution in [2.45, 2.75) is 25.8 Å². The second-order valence-electron chi connectivity index (χ2n) is 6.75. The Labute approximate surface area is 97.1 Å². The normalized spacial score (nSPS) is 51.8. The van der Waals surface area contributed by atoms with Crippen molar-refractivity contribution in [2.75, 3.05) is 24.6 Å². The van der Waals surface area contributed by atoms with Crippen LogP contribution in [0, 0.1) is 23.2 Å². The number of likely N-dealkylation sites (tertiary alicyclic amines) is 1. The molecule has 2 atom stereocenters. The molecule has 2 saturated carbocycles. The fourth-order valence-electron chi connectivity index (χ4n) is 4.59. The van der Waals surface area contributed by atoms with E-state index in [0.717, 1.165) is 36.9 Å². The maximum atomic E-state index is 11.2. The van der Waals surface area contributed by atoms with Gasteiger partial charge in [0.05, 0.1) is 11.5 Å². The molecule has 4 heteroatoms. The van der Waals surface area contributed by atoms with E-state index in [2.05, 4.69) is 11.8 Å². The molecule has 16 heavy (non-hydrogen) atoms. The lowest BCUT2D eigenvalue weighted by molar-refractivity contribution is -0.0136. The highest BCUT2D eigenvalue weighted by Crippen LogP contribution is 2.59. The molecule has 2 aliphatic carbocycles. The van der Waals surface area contributed by atoms with Gasteiger partial charge in [0.25, 0.3) is 0 Å². The first-order chi connectivity index (χ1) is 7.48. The van der Waals surface area contributed by atoms with Crippen LogP contribution in [0.5, 0.6) is 0 Å². The van der Waals surface area contributed by atoms with Crippen LogP contribution >= 0.6 is 0 Å². The molecule has 2 saturated heterocycles. The van der Waals surface area contributed by atoms with Crippen LogP contribution in [0.25, 0.3) is 0 Å². The molecule has 90 valence electrons. The molecule has 1 spiro atoms. The molecule has 0 aromatic carbocycles. The first-order valence-electron chi connectivity index (χ1n) is 6.43. The van der Waals surface area contributed by atoms with E-state index in [1.165, 1.54) is 12.8 Å². The fraction of sp³-hybridized carbons (Fsp3) is 1.00. The van der Waals surface area contributed by atoms with Crippen LogP contribution in [0.15, 0.2) is 0 Å². The lowest BCUT2D eigenvalue weighted by atomic mass is 9.81. The first-order valence-corrected chi connectivity index (χ1v) is 8.25. The van der Waals surface area contributed by atoms with E-state index in [4.69, 9.17) is 0 Å². The lowest BCUT2D eigenvalue weighted by Gasteiger charge is -2.57. The van der Waals surface area contributed by atoms with Crippen LogP contribution in [0.3, 0.4) is 0 Å². The summed E-state index contributed by atoms with van der Waals surface area (Å²) in [5.41, 5.74) is 0.192. The van der Waals surface area contributed by atoms with Gasteiger partial charge < -0.3 is 0 Å². The van der Waals surface area contributed by atoms with E-state index in [0.29, 0.717) is 11.5 Å². The zero-order valence-electron chi connectivity index (χ0n) is 9.72. The summed E-state index contributed by atoms with van der Waals surface area (Å²) in [7, 11) is -2.63. The Balaban J connectivity index is 1.35. The van der Waals surface area contributed by atoms with Crippen LogP contribution in [0.2, 0.25) is 0 Å². The van der Waals surface area contributed by atoms with Crippen LogP contribution in [0.4, 0.5) is 0 Å². The number of nitrogens with zero attached hydrogens (tertiary/aromatic N) is 1. The summed E-state index contributed by atoms with van der Waals surface area (Å²) in [6.45, 7) is 4.50. The standard InChI is InChI=1S/C12H19NO2S/c1-8-10-2-9(3-11(8)10)13-4-12(5-13)6-16(14,15)7-12/h8-11H,2-7H2,1H3. The van der Waals surface area contributed by atoms with Crippen molar-refractivity contribution in [1.82, 2.24) is 4.90 Å². The molecule has 0 amide bonds. The number of sulfone groups is 1. The summed E-state index contributed by atoms with van der Waals surface area (Å²) in [5.74, 6) is 3.92. The molecule has 2 aliphatic heterocycles. The van der Waals surface area contributed by atoms with Gasteiger partial charge in [0, 0.05) is 24.5 Å².